The predicted molar refractivity (Wildman–Crippen MR) is 73.4 cm³/mol. The van der Waals surface area contributed by atoms with Gasteiger partial charge in [0.05, 0.1) is 5.02 Å². The normalized spacial score (nSPS) is 10.6. The van der Waals surface area contributed by atoms with Crippen LogP contribution in [-0.2, 0) is 13.1 Å². The Hall–Kier alpha value is -1.09. The van der Waals surface area contributed by atoms with E-state index in [0.29, 0.717) is 13.1 Å². The van der Waals surface area contributed by atoms with Gasteiger partial charge in [0.2, 0.25) is 0 Å². The van der Waals surface area contributed by atoms with Gasteiger partial charge in [-0.15, -0.1) is 0 Å². The second-order valence-corrected chi connectivity index (χ2v) is 4.76. The van der Waals surface area contributed by atoms with E-state index < -0.39 is 5.82 Å². The summed E-state index contributed by atoms with van der Waals surface area (Å²) in [6.07, 6.45) is 0. The lowest BCUT2D eigenvalue weighted by Gasteiger charge is -2.07. The molecule has 0 aliphatic heterocycles. The molecule has 0 aromatic heterocycles. The molecule has 0 spiro atoms. The topological polar surface area (TPSA) is 12.0 Å². The summed E-state index contributed by atoms with van der Waals surface area (Å²) in [5.41, 5.74) is 1.87. The van der Waals surface area contributed by atoms with E-state index in [0.717, 1.165) is 16.1 Å². The van der Waals surface area contributed by atoms with Gasteiger partial charge >= 0.3 is 0 Å². The molecule has 1 N–H and O–H groups in total. The molecule has 0 saturated carbocycles. The van der Waals surface area contributed by atoms with Crippen LogP contribution >= 0.6 is 23.2 Å². The van der Waals surface area contributed by atoms with Crippen molar-refractivity contribution < 1.29 is 4.39 Å². The maximum Gasteiger partial charge on any atom is 0.142 e. The highest BCUT2D eigenvalue weighted by Crippen LogP contribution is 2.16. The molecule has 0 fully saturated rings. The van der Waals surface area contributed by atoms with Gasteiger partial charge in [-0.05, 0) is 29.3 Å². The Labute approximate surface area is 116 Å². The van der Waals surface area contributed by atoms with Crippen LogP contribution < -0.4 is 5.32 Å². The zero-order valence-corrected chi connectivity index (χ0v) is 11.1. The Bertz CT molecular complexity index is 543. The molecule has 0 amide bonds. The van der Waals surface area contributed by atoms with Crippen molar-refractivity contribution in [2.24, 2.45) is 0 Å². The molecule has 0 aliphatic rings. The fourth-order valence-electron chi connectivity index (χ4n) is 1.63. The van der Waals surface area contributed by atoms with Crippen molar-refractivity contribution in [3.05, 3.63) is 69.5 Å². The van der Waals surface area contributed by atoms with Gasteiger partial charge < -0.3 is 5.32 Å². The molecule has 2 aromatic rings. The third kappa shape index (κ3) is 3.45. The van der Waals surface area contributed by atoms with Gasteiger partial charge in [0.1, 0.15) is 5.82 Å². The van der Waals surface area contributed by atoms with Gasteiger partial charge in [0, 0.05) is 18.1 Å². The fourth-order valence-corrected chi connectivity index (χ4v) is 1.95. The van der Waals surface area contributed by atoms with Crippen molar-refractivity contribution in [2.45, 2.75) is 13.1 Å². The maximum atomic E-state index is 13.2. The van der Waals surface area contributed by atoms with E-state index in [1.807, 2.05) is 24.3 Å². The van der Waals surface area contributed by atoms with Crippen LogP contribution in [0.3, 0.4) is 0 Å². The number of halogens is 3. The minimum atomic E-state index is -0.395. The van der Waals surface area contributed by atoms with E-state index in [2.05, 4.69) is 5.32 Å². The smallest absolute Gasteiger partial charge is 0.142 e. The summed E-state index contributed by atoms with van der Waals surface area (Å²) in [4.78, 5) is 0. The second kappa shape index (κ2) is 6.19. The molecule has 0 aliphatic carbocycles. The van der Waals surface area contributed by atoms with E-state index in [4.69, 9.17) is 23.2 Å². The highest BCUT2D eigenvalue weighted by Gasteiger charge is 2.02. The lowest BCUT2D eigenvalue weighted by molar-refractivity contribution is 0.620. The fraction of sp³-hybridized carbons (Fsp3) is 0.143. The number of hydrogen-bond acceptors (Lipinski definition) is 1. The van der Waals surface area contributed by atoms with Gasteiger partial charge in [-0.2, -0.15) is 0 Å². The minimum Gasteiger partial charge on any atom is -0.309 e. The summed E-state index contributed by atoms with van der Waals surface area (Å²) >= 11 is 11.7. The first-order chi connectivity index (χ1) is 8.66. The van der Waals surface area contributed by atoms with E-state index in [1.165, 1.54) is 6.07 Å². The lowest BCUT2D eigenvalue weighted by atomic mass is 10.2. The van der Waals surface area contributed by atoms with Crippen LogP contribution in [0.4, 0.5) is 4.39 Å². The van der Waals surface area contributed by atoms with Crippen LogP contribution in [0.1, 0.15) is 11.1 Å². The Morgan fingerprint density at radius 2 is 1.72 bits per heavy atom. The van der Waals surface area contributed by atoms with Crippen LogP contribution in [0.15, 0.2) is 42.5 Å². The summed E-state index contributed by atoms with van der Waals surface area (Å²) < 4.78 is 13.2. The lowest BCUT2D eigenvalue weighted by Crippen LogP contribution is -2.13. The Morgan fingerprint density at radius 1 is 0.944 bits per heavy atom. The van der Waals surface area contributed by atoms with Crippen molar-refractivity contribution in [3.8, 4) is 0 Å². The molecule has 0 heterocycles. The Morgan fingerprint density at radius 3 is 2.44 bits per heavy atom. The first kappa shape index (κ1) is 13.3. The molecule has 94 valence electrons. The predicted octanol–water partition coefficient (Wildman–Crippen LogP) is 4.42. The molecule has 0 radical (unpaired) electrons. The van der Waals surface area contributed by atoms with Crippen molar-refractivity contribution in [1.29, 1.82) is 0 Å². The summed E-state index contributed by atoms with van der Waals surface area (Å²) in [5, 5.41) is 4.08. The van der Waals surface area contributed by atoms with Crippen LogP contribution in [0, 0.1) is 5.82 Å². The first-order valence-corrected chi connectivity index (χ1v) is 6.30. The summed E-state index contributed by atoms with van der Waals surface area (Å²) in [5.74, 6) is -0.395. The standard InChI is InChI=1S/C14H12Cl2FN/c15-12-4-2-1-3-11(12)9-18-8-10-5-6-13(16)14(17)7-10/h1-7,18H,8-9H2. The van der Waals surface area contributed by atoms with E-state index in [1.54, 1.807) is 12.1 Å². The van der Waals surface area contributed by atoms with Gasteiger partial charge in [0.15, 0.2) is 0 Å². The molecule has 0 unspecified atom stereocenters. The van der Waals surface area contributed by atoms with Gasteiger partial charge in [0.25, 0.3) is 0 Å². The van der Waals surface area contributed by atoms with Crippen molar-refractivity contribution >= 4 is 23.2 Å². The molecule has 0 atom stereocenters. The number of rotatable bonds is 4. The third-order valence-corrected chi connectivity index (χ3v) is 3.26. The molecule has 2 aromatic carbocycles. The van der Waals surface area contributed by atoms with E-state index in [-0.39, 0.29) is 5.02 Å². The van der Waals surface area contributed by atoms with E-state index >= 15 is 0 Å². The maximum absolute atomic E-state index is 13.2. The Kier molecular flexibility index (Phi) is 4.59. The van der Waals surface area contributed by atoms with Crippen molar-refractivity contribution in [3.63, 3.8) is 0 Å². The average Bonchev–Trinajstić information content (AvgIpc) is 2.36. The molecule has 18 heavy (non-hydrogen) atoms. The van der Waals surface area contributed by atoms with Crippen LogP contribution in [0.25, 0.3) is 0 Å². The van der Waals surface area contributed by atoms with Crippen LogP contribution in [-0.4, -0.2) is 0 Å². The molecule has 1 nitrogen and oxygen atoms in total. The Balaban J connectivity index is 1.92. The summed E-state index contributed by atoms with van der Waals surface area (Å²) in [6.45, 7) is 1.21. The third-order valence-electron chi connectivity index (χ3n) is 2.59. The number of benzene rings is 2. The highest BCUT2D eigenvalue weighted by molar-refractivity contribution is 6.31. The number of hydrogen-bond donors (Lipinski definition) is 1. The molecule has 0 saturated heterocycles. The highest BCUT2D eigenvalue weighted by atomic mass is 35.5. The monoisotopic (exact) mass is 283 g/mol. The summed E-state index contributed by atoms with van der Waals surface area (Å²) in [7, 11) is 0. The molecule has 2 rings (SSSR count). The van der Waals surface area contributed by atoms with Gasteiger partial charge in [-0.1, -0.05) is 47.5 Å². The quantitative estimate of drug-likeness (QED) is 0.876. The molecular weight excluding hydrogens is 272 g/mol. The second-order valence-electron chi connectivity index (χ2n) is 3.94. The van der Waals surface area contributed by atoms with Crippen molar-refractivity contribution in [2.75, 3.05) is 0 Å². The largest absolute Gasteiger partial charge is 0.309 e. The molecule has 0 bridgehead atoms. The average molecular weight is 284 g/mol. The van der Waals surface area contributed by atoms with Crippen LogP contribution in [0.2, 0.25) is 10.0 Å². The van der Waals surface area contributed by atoms with Gasteiger partial charge in [-0.25, -0.2) is 4.39 Å². The first-order valence-electron chi connectivity index (χ1n) is 5.55. The van der Waals surface area contributed by atoms with Crippen LogP contribution in [0.5, 0.6) is 0 Å². The SMILES string of the molecule is Fc1cc(CNCc2ccccc2Cl)ccc1Cl. The summed E-state index contributed by atoms with van der Waals surface area (Å²) in [6, 6.07) is 12.4. The van der Waals surface area contributed by atoms with Gasteiger partial charge in [-0.3, -0.25) is 0 Å². The zero-order chi connectivity index (χ0) is 13.0. The van der Waals surface area contributed by atoms with Crippen molar-refractivity contribution in [1.82, 2.24) is 5.32 Å². The molecule has 4 heteroatoms. The number of nitrogens with one attached hydrogen (secondary N) is 1. The minimum absolute atomic E-state index is 0.143. The molecular formula is C14H12Cl2FN. The zero-order valence-electron chi connectivity index (χ0n) is 9.59. The van der Waals surface area contributed by atoms with E-state index in [9.17, 15) is 4.39 Å².